The summed E-state index contributed by atoms with van der Waals surface area (Å²) in [5.74, 6) is 0.912. The zero-order valence-corrected chi connectivity index (χ0v) is 13.4. The number of carbonyl (C=O) groups excluding carboxylic acids is 1. The van der Waals surface area contributed by atoms with Crippen molar-refractivity contribution < 1.29 is 14.7 Å². The number of thioether (sulfide) groups is 1. The van der Waals surface area contributed by atoms with E-state index in [2.05, 4.69) is 19.2 Å². The predicted molar refractivity (Wildman–Crippen MR) is 86.4 cm³/mol. The summed E-state index contributed by atoms with van der Waals surface area (Å²) < 4.78 is 0. The van der Waals surface area contributed by atoms with E-state index >= 15 is 0 Å². The quantitative estimate of drug-likeness (QED) is 0.688. The molecule has 1 amide bonds. The molecule has 0 fully saturated rings. The van der Waals surface area contributed by atoms with Gasteiger partial charge in [-0.3, -0.25) is 9.59 Å². The van der Waals surface area contributed by atoms with Crippen molar-refractivity contribution in [2.75, 3.05) is 11.5 Å². The van der Waals surface area contributed by atoms with Gasteiger partial charge in [-0.25, -0.2) is 0 Å². The van der Waals surface area contributed by atoms with Gasteiger partial charge in [-0.1, -0.05) is 44.2 Å². The number of aliphatic carboxylic acids is 1. The molecule has 0 heterocycles. The van der Waals surface area contributed by atoms with Crippen LogP contribution in [0.2, 0.25) is 0 Å². The second kappa shape index (κ2) is 9.45. The number of rotatable bonds is 9. The number of carboxylic acids is 1. The first kappa shape index (κ1) is 17.6. The summed E-state index contributed by atoms with van der Waals surface area (Å²) in [6.07, 6.45) is 0.974. The Morgan fingerprint density at radius 3 is 2.48 bits per heavy atom. The third-order valence-corrected chi connectivity index (χ3v) is 3.98. The van der Waals surface area contributed by atoms with E-state index in [9.17, 15) is 9.59 Å². The van der Waals surface area contributed by atoms with Gasteiger partial charge in [0.1, 0.15) is 0 Å². The van der Waals surface area contributed by atoms with Gasteiger partial charge in [0.2, 0.25) is 5.91 Å². The molecular weight excluding hydrogens is 286 g/mol. The Morgan fingerprint density at radius 1 is 1.24 bits per heavy atom. The third-order valence-electron chi connectivity index (χ3n) is 2.99. The van der Waals surface area contributed by atoms with Crippen LogP contribution in [0.4, 0.5) is 0 Å². The van der Waals surface area contributed by atoms with Crippen LogP contribution < -0.4 is 5.32 Å². The van der Waals surface area contributed by atoms with Crippen LogP contribution in [0.5, 0.6) is 0 Å². The van der Waals surface area contributed by atoms with Crippen LogP contribution in [-0.4, -0.2) is 28.5 Å². The van der Waals surface area contributed by atoms with E-state index in [0.29, 0.717) is 11.7 Å². The molecule has 0 aliphatic heterocycles. The predicted octanol–water partition coefficient (Wildman–Crippen LogP) is 3.10. The Hall–Kier alpha value is -1.49. The molecule has 4 nitrogen and oxygen atoms in total. The van der Waals surface area contributed by atoms with Gasteiger partial charge in [-0.15, -0.1) is 0 Å². The molecule has 0 bridgehead atoms. The summed E-state index contributed by atoms with van der Waals surface area (Å²) >= 11 is 1.59. The summed E-state index contributed by atoms with van der Waals surface area (Å²) in [6.45, 7) is 4.30. The number of carboxylic acid groups (broad SMARTS) is 1. The monoisotopic (exact) mass is 309 g/mol. The molecule has 0 aromatic heterocycles. The minimum atomic E-state index is -0.920. The second-order valence-corrected chi connectivity index (χ2v) is 6.47. The summed E-state index contributed by atoms with van der Waals surface area (Å²) in [7, 11) is 0. The number of hydrogen-bond acceptors (Lipinski definition) is 3. The molecule has 1 rings (SSSR count). The SMILES string of the molecule is CC(C)CCSCC(=O)NC(CC(=O)O)c1ccccc1. The van der Waals surface area contributed by atoms with E-state index in [4.69, 9.17) is 5.11 Å². The topological polar surface area (TPSA) is 66.4 Å². The molecule has 1 aromatic rings. The lowest BCUT2D eigenvalue weighted by Gasteiger charge is -2.17. The van der Waals surface area contributed by atoms with Gasteiger partial charge in [0.25, 0.3) is 0 Å². The molecule has 1 unspecified atom stereocenters. The first-order chi connectivity index (χ1) is 9.99. The first-order valence-electron chi connectivity index (χ1n) is 7.13. The van der Waals surface area contributed by atoms with Crippen LogP contribution in [0.1, 0.15) is 38.3 Å². The molecule has 1 aromatic carbocycles. The molecular formula is C16H23NO3S. The zero-order chi connectivity index (χ0) is 15.7. The standard InChI is InChI=1S/C16H23NO3S/c1-12(2)8-9-21-11-15(18)17-14(10-16(19)20)13-6-4-3-5-7-13/h3-7,12,14H,8-11H2,1-2H3,(H,17,18)(H,19,20). The summed E-state index contributed by atoms with van der Waals surface area (Å²) in [5, 5.41) is 11.8. The van der Waals surface area contributed by atoms with Crippen LogP contribution in [0.25, 0.3) is 0 Å². The molecule has 0 aliphatic rings. The van der Waals surface area contributed by atoms with E-state index in [1.807, 2.05) is 30.3 Å². The van der Waals surface area contributed by atoms with Gasteiger partial charge in [-0.05, 0) is 23.7 Å². The van der Waals surface area contributed by atoms with Crippen LogP contribution >= 0.6 is 11.8 Å². The summed E-state index contributed by atoms with van der Waals surface area (Å²) in [5.41, 5.74) is 0.820. The smallest absolute Gasteiger partial charge is 0.305 e. The maximum Gasteiger partial charge on any atom is 0.305 e. The summed E-state index contributed by atoms with van der Waals surface area (Å²) in [4.78, 5) is 22.9. The first-order valence-corrected chi connectivity index (χ1v) is 8.28. The largest absolute Gasteiger partial charge is 0.481 e. The molecule has 0 saturated carbocycles. The van der Waals surface area contributed by atoms with Gasteiger partial charge < -0.3 is 10.4 Å². The minimum absolute atomic E-state index is 0.105. The fourth-order valence-electron chi connectivity index (χ4n) is 1.83. The highest BCUT2D eigenvalue weighted by molar-refractivity contribution is 7.99. The van der Waals surface area contributed by atoms with Gasteiger partial charge in [0.15, 0.2) is 0 Å². The highest BCUT2D eigenvalue weighted by atomic mass is 32.2. The molecule has 5 heteroatoms. The third kappa shape index (κ3) is 7.75. The van der Waals surface area contributed by atoms with E-state index in [1.165, 1.54) is 0 Å². The van der Waals surface area contributed by atoms with E-state index in [0.717, 1.165) is 17.7 Å². The minimum Gasteiger partial charge on any atom is -0.481 e. The zero-order valence-electron chi connectivity index (χ0n) is 12.5. The van der Waals surface area contributed by atoms with Crippen molar-refractivity contribution in [3.63, 3.8) is 0 Å². The molecule has 1 atom stereocenters. The molecule has 0 saturated heterocycles. The molecule has 21 heavy (non-hydrogen) atoms. The van der Waals surface area contributed by atoms with Crippen molar-refractivity contribution in [2.45, 2.75) is 32.7 Å². The fraction of sp³-hybridized carbons (Fsp3) is 0.500. The molecule has 0 aliphatic carbocycles. The maximum absolute atomic E-state index is 11.9. The van der Waals surface area contributed by atoms with Crippen molar-refractivity contribution in [1.82, 2.24) is 5.32 Å². The Balaban J connectivity index is 2.49. The number of hydrogen-bond donors (Lipinski definition) is 2. The number of amides is 1. The van der Waals surface area contributed by atoms with Crippen LogP contribution in [0.3, 0.4) is 0 Å². The van der Waals surface area contributed by atoms with Gasteiger partial charge in [-0.2, -0.15) is 11.8 Å². The Kier molecular flexibility index (Phi) is 7.90. The van der Waals surface area contributed by atoms with Gasteiger partial charge in [0.05, 0.1) is 18.2 Å². The van der Waals surface area contributed by atoms with Crippen LogP contribution in [0.15, 0.2) is 30.3 Å². The van der Waals surface area contributed by atoms with Crippen molar-refractivity contribution in [1.29, 1.82) is 0 Å². The van der Waals surface area contributed by atoms with Crippen molar-refractivity contribution in [3.8, 4) is 0 Å². The number of nitrogens with one attached hydrogen (secondary N) is 1. The molecule has 2 N–H and O–H groups in total. The van der Waals surface area contributed by atoms with Gasteiger partial charge >= 0.3 is 5.97 Å². The van der Waals surface area contributed by atoms with Crippen LogP contribution in [0, 0.1) is 5.92 Å². The molecule has 0 radical (unpaired) electrons. The number of benzene rings is 1. The maximum atomic E-state index is 11.9. The number of carbonyl (C=O) groups is 2. The highest BCUT2D eigenvalue weighted by Gasteiger charge is 2.17. The normalized spacial score (nSPS) is 12.1. The Bertz CT molecular complexity index is 448. The second-order valence-electron chi connectivity index (χ2n) is 5.36. The molecule has 0 spiro atoms. The lowest BCUT2D eigenvalue weighted by atomic mass is 10.0. The van der Waals surface area contributed by atoms with Gasteiger partial charge in [0, 0.05) is 0 Å². The summed E-state index contributed by atoms with van der Waals surface area (Å²) in [6, 6.07) is 8.74. The van der Waals surface area contributed by atoms with Crippen molar-refractivity contribution in [2.24, 2.45) is 5.92 Å². The lowest BCUT2D eigenvalue weighted by Crippen LogP contribution is -2.31. The van der Waals surface area contributed by atoms with Crippen LogP contribution in [-0.2, 0) is 9.59 Å². The van der Waals surface area contributed by atoms with Crippen molar-refractivity contribution >= 4 is 23.6 Å². The lowest BCUT2D eigenvalue weighted by molar-refractivity contribution is -0.137. The van der Waals surface area contributed by atoms with E-state index in [-0.39, 0.29) is 12.3 Å². The average molecular weight is 309 g/mol. The van der Waals surface area contributed by atoms with E-state index < -0.39 is 12.0 Å². The fourth-order valence-corrected chi connectivity index (χ4v) is 2.88. The Labute approximate surface area is 130 Å². The molecule has 116 valence electrons. The van der Waals surface area contributed by atoms with Crippen molar-refractivity contribution in [3.05, 3.63) is 35.9 Å². The average Bonchev–Trinajstić information content (AvgIpc) is 2.43. The van der Waals surface area contributed by atoms with E-state index in [1.54, 1.807) is 11.8 Å². The Morgan fingerprint density at radius 2 is 1.90 bits per heavy atom. The highest BCUT2D eigenvalue weighted by Crippen LogP contribution is 2.17.